The molecule has 0 spiro atoms. The molecule has 0 aromatic carbocycles. The lowest BCUT2D eigenvalue weighted by Crippen LogP contribution is -2.49. The normalized spacial score (nSPS) is 12.1. The van der Waals surface area contributed by atoms with E-state index in [0.717, 1.165) is 32.0 Å². The predicted molar refractivity (Wildman–Crippen MR) is 120 cm³/mol. The minimum absolute atomic E-state index is 0. The molecular formula is C18H35IN6O2. The third-order valence-electron chi connectivity index (χ3n) is 3.23. The molecule has 27 heavy (non-hydrogen) atoms. The van der Waals surface area contributed by atoms with E-state index in [1.54, 1.807) is 6.20 Å². The van der Waals surface area contributed by atoms with Crippen LogP contribution in [0.15, 0.2) is 23.5 Å². The van der Waals surface area contributed by atoms with Crippen molar-refractivity contribution >= 4 is 36.0 Å². The maximum atomic E-state index is 11.9. The Morgan fingerprint density at radius 2 is 1.93 bits per heavy atom. The highest BCUT2D eigenvalue weighted by molar-refractivity contribution is 14.0. The van der Waals surface area contributed by atoms with E-state index < -0.39 is 17.2 Å². The van der Waals surface area contributed by atoms with Gasteiger partial charge < -0.3 is 20.7 Å². The zero-order valence-corrected chi connectivity index (χ0v) is 19.7. The molecule has 0 radical (unpaired) electrons. The topological polar surface area (TPSA) is 92.6 Å². The summed E-state index contributed by atoms with van der Waals surface area (Å²) in [5.41, 5.74) is -1.03. The van der Waals surface area contributed by atoms with Gasteiger partial charge in [-0.3, -0.25) is 9.67 Å². The van der Waals surface area contributed by atoms with E-state index in [9.17, 15) is 4.79 Å². The Balaban J connectivity index is 0.00000676. The van der Waals surface area contributed by atoms with Crippen molar-refractivity contribution in [3.63, 3.8) is 0 Å². The average Bonchev–Trinajstić information content (AvgIpc) is 2.99. The van der Waals surface area contributed by atoms with Crippen molar-refractivity contribution in [1.29, 1.82) is 0 Å². The van der Waals surface area contributed by atoms with Gasteiger partial charge in [-0.15, -0.1) is 24.0 Å². The van der Waals surface area contributed by atoms with E-state index >= 15 is 0 Å². The molecule has 0 bridgehead atoms. The van der Waals surface area contributed by atoms with Gasteiger partial charge >= 0.3 is 6.09 Å². The Morgan fingerprint density at radius 1 is 1.22 bits per heavy atom. The van der Waals surface area contributed by atoms with Gasteiger partial charge in [0.2, 0.25) is 0 Å². The third kappa shape index (κ3) is 12.5. The first kappa shape index (κ1) is 25.5. The first-order valence-corrected chi connectivity index (χ1v) is 9.12. The highest BCUT2D eigenvalue weighted by Gasteiger charge is 2.24. The molecule has 8 nitrogen and oxygen atoms in total. The number of aryl methyl sites for hydroxylation is 1. The van der Waals surface area contributed by atoms with E-state index in [1.165, 1.54) is 0 Å². The summed E-state index contributed by atoms with van der Waals surface area (Å²) >= 11 is 0. The van der Waals surface area contributed by atoms with Crippen LogP contribution in [0.1, 0.15) is 48.0 Å². The number of halogens is 1. The minimum Gasteiger partial charge on any atom is -0.444 e. The van der Waals surface area contributed by atoms with Gasteiger partial charge in [-0.1, -0.05) is 0 Å². The Bertz CT molecular complexity index is 567. The van der Waals surface area contributed by atoms with Crippen molar-refractivity contribution in [3.8, 4) is 0 Å². The van der Waals surface area contributed by atoms with Gasteiger partial charge in [0.15, 0.2) is 5.96 Å². The average molecular weight is 494 g/mol. The number of hydrogen-bond acceptors (Lipinski definition) is 4. The summed E-state index contributed by atoms with van der Waals surface area (Å²) in [5, 5.41) is 13.6. The second kappa shape index (κ2) is 12.0. The zero-order valence-electron chi connectivity index (χ0n) is 17.3. The number of carbonyl (C=O) groups excluding carboxylic acids is 1. The fourth-order valence-electron chi connectivity index (χ4n) is 2.12. The number of guanidine groups is 1. The van der Waals surface area contributed by atoms with E-state index in [4.69, 9.17) is 4.74 Å². The molecule has 0 saturated carbocycles. The molecule has 1 aromatic rings. The maximum absolute atomic E-state index is 11.9. The second-order valence-corrected chi connectivity index (χ2v) is 7.76. The lowest BCUT2D eigenvalue weighted by atomic mass is 10.1. The third-order valence-corrected chi connectivity index (χ3v) is 3.23. The van der Waals surface area contributed by atoms with Crippen LogP contribution in [0.4, 0.5) is 4.79 Å². The maximum Gasteiger partial charge on any atom is 0.408 e. The summed E-state index contributed by atoms with van der Waals surface area (Å²) in [6.45, 7) is 14.2. The van der Waals surface area contributed by atoms with Gasteiger partial charge in [0.25, 0.3) is 0 Å². The lowest BCUT2D eigenvalue weighted by molar-refractivity contribution is 0.0476. The van der Waals surface area contributed by atoms with Crippen molar-refractivity contribution in [3.05, 3.63) is 18.5 Å². The highest BCUT2D eigenvalue weighted by atomic mass is 127. The number of hydrogen-bond donors (Lipinski definition) is 3. The van der Waals surface area contributed by atoms with Crippen LogP contribution in [-0.2, 0) is 11.3 Å². The van der Waals surface area contributed by atoms with Gasteiger partial charge in [-0.05, 0) is 54.0 Å². The van der Waals surface area contributed by atoms with Gasteiger partial charge in [0.05, 0.1) is 12.1 Å². The van der Waals surface area contributed by atoms with E-state index in [1.807, 2.05) is 58.5 Å². The summed E-state index contributed by atoms with van der Waals surface area (Å²) in [4.78, 5) is 16.5. The van der Waals surface area contributed by atoms with Crippen LogP contribution in [-0.4, -0.2) is 52.6 Å². The molecule has 0 aliphatic rings. The molecule has 156 valence electrons. The first-order chi connectivity index (χ1) is 12.1. The fraction of sp³-hybridized carbons (Fsp3) is 0.722. The number of aliphatic imine (C=N–C) groups is 1. The Morgan fingerprint density at radius 3 is 2.48 bits per heavy atom. The van der Waals surface area contributed by atoms with Gasteiger partial charge in [0.1, 0.15) is 5.60 Å². The van der Waals surface area contributed by atoms with Crippen molar-refractivity contribution < 1.29 is 9.53 Å². The number of ether oxygens (including phenoxy) is 1. The zero-order chi connectivity index (χ0) is 19.6. The van der Waals surface area contributed by atoms with Crippen molar-refractivity contribution in [2.75, 3.05) is 19.6 Å². The number of nitrogens with zero attached hydrogens (tertiary/aromatic N) is 3. The quantitative estimate of drug-likeness (QED) is 0.224. The smallest absolute Gasteiger partial charge is 0.408 e. The number of aromatic nitrogens is 2. The summed E-state index contributed by atoms with van der Waals surface area (Å²) in [6.07, 6.45) is 4.23. The van der Waals surface area contributed by atoms with Crippen molar-refractivity contribution in [2.24, 2.45) is 4.99 Å². The molecule has 1 rings (SSSR count). The lowest BCUT2D eigenvalue weighted by Gasteiger charge is -2.27. The molecule has 0 unspecified atom stereocenters. The monoisotopic (exact) mass is 494 g/mol. The second-order valence-electron chi connectivity index (χ2n) is 7.76. The summed E-state index contributed by atoms with van der Waals surface area (Å²) in [6, 6.07) is 1.92. The number of carbonyl (C=O) groups is 1. The van der Waals surface area contributed by atoms with Crippen LogP contribution in [0.2, 0.25) is 0 Å². The molecule has 9 heteroatoms. The predicted octanol–water partition coefficient (Wildman–Crippen LogP) is 2.75. The molecule has 0 aliphatic heterocycles. The largest absolute Gasteiger partial charge is 0.444 e. The molecule has 0 aliphatic carbocycles. The molecular weight excluding hydrogens is 459 g/mol. The molecule has 1 aromatic heterocycles. The first-order valence-electron chi connectivity index (χ1n) is 9.12. The number of rotatable bonds is 8. The molecule has 0 fully saturated rings. The van der Waals surface area contributed by atoms with Gasteiger partial charge in [-0.2, -0.15) is 5.10 Å². The highest BCUT2D eigenvalue weighted by Crippen LogP contribution is 2.09. The standard InChI is InChI=1S/C18H34N6O2.HI/c1-7-19-15(20-10-8-12-24-13-9-11-22-24)21-14-18(5,6)23-16(25)26-17(2,3)4;/h9,11,13H,7-8,10,12,14H2,1-6H3,(H,23,25)(H2,19,20,21);1H. The number of nitrogens with one attached hydrogen (secondary N) is 3. The summed E-state index contributed by atoms with van der Waals surface area (Å²) in [7, 11) is 0. The number of amides is 1. The summed E-state index contributed by atoms with van der Waals surface area (Å²) < 4.78 is 7.21. The molecule has 0 atom stereocenters. The Labute approximate surface area is 179 Å². The molecule has 3 N–H and O–H groups in total. The van der Waals surface area contributed by atoms with Crippen LogP contribution >= 0.6 is 24.0 Å². The van der Waals surface area contributed by atoms with Crippen LogP contribution in [0.5, 0.6) is 0 Å². The summed E-state index contributed by atoms with van der Waals surface area (Å²) in [5.74, 6) is 0.729. The van der Waals surface area contributed by atoms with Gasteiger partial charge in [0, 0.05) is 32.0 Å². The van der Waals surface area contributed by atoms with Crippen LogP contribution in [0.25, 0.3) is 0 Å². The number of alkyl carbamates (subject to hydrolysis) is 1. The molecule has 1 amide bonds. The Kier molecular flexibility index (Phi) is 11.4. The fourth-order valence-corrected chi connectivity index (χ4v) is 2.12. The van der Waals surface area contributed by atoms with Crippen LogP contribution in [0, 0.1) is 0 Å². The Hall–Kier alpha value is -1.52. The molecule has 0 saturated heterocycles. The van der Waals surface area contributed by atoms with Crippen LogP contribution < -0.4 is 16.0 Å². The van der Waals surface area contributed by atoms with E-state index in [2.05, 4.69) is 26.0 Å². The van der Waals surface area contributed by atoms with E-state index in [0.29, 0.717) is 6.54 Å². The van der Waals surface area contributed by atoms with Crippen LogP contribution in [0.3, 0.4) is 0 Å². The van der Waals surface area contributed by atoms with Gasteiger partial charge in [-0.25, -0.2) is 4.79 Å². The van der Waals surface area contributed by atoms with Crippen molar-refractivity contribution in [2.45, 2.75) is 65.6 Å². The molecule has 1 heterocycles. The SMILES string of the molecule is CCNC(=NCC(C)(C)NC(=O)OC(C)(C)C)NCCCn1cccn1.I. The minimum atomic E-state index is -0.519. The van der Waals surface area contributed by atoms with Crippen molar-refractivity contribution in [1.82, 2.24) is 25.7 Å². The van der Waals surface area contributed by atoms with E-state index in [-0.39, 0.29) is 24.0 Å².